The molecule has 0 unspecified atom stereocenters. The zero-order valence-corrected chi connectivity index (χ0v) is 24.8. The molecule has 0 radical (unpaired) electrons. The highest BCUT2D eigenvalue weighted by Crippen LogP contribution is 2.52. The van der Waals surface area contributed by atoms with Gasteiger partial charge in [-0.1, -0.05) is 5.57 Å². The number of sulfonamides is 1. The first-order chi connectivity index (χ1) is 20.8. The fourth-order valence-electron chi connectivity index (χ4n) is 6.08. The van der Waals surface area contributed by atoms with Crippen LogP contribution < -0.4 is 0 Å². The molecule has 2 aliphatic carbocycles. The average molecular weight is 653 g/mol. The summed E-state index contributed by atoms with van der Waals surface area (Å²) in [5.74, 6) is -1.11. The van der Waals surface area contributed by atoms with Crippen LogP contribution in [0.25, 0.3) is 11.8 Å². The van der Waals surface area contributed by atoms with Crippen molar-refractivity contribution in [3.05, 3.63) is 81.6 Å². The number of carbonyl (C=O) groups is 1. The standard InChI is InChI=1S/C28H25F5N6O3S2/c1-37-16-22(14-35-37)44(41,42)38(9-8-29)21-5-2-18-10-23-17(13-36-39(23)20-6-3-19(30)4-7-20)11-27(18,12-21)25(40)26-34-15-24(43-26)28(31,32)33/h3-4,6-7,10,13-16,21H,2,5,8-9,11-12H2,1H3/t21-,27-/m0/s1. The van der Waals surface area contributed by atoms with Gasteiger partial charge < -0.3 is 0 Å². The normalized spacial score (nSPS) is 20.3. The zero-order valence-electron chi connectivity index (χ0n) is 23.1. The third-order valence-electron chi connectivity index (χ3n) is 8.12. The van der Waals surface area contributed by atoms with Gasteiger partial charge in [-0.2, -0.15) is 27.7 Å². The van der Waals surface area contributed by atoms with E-state index in [1.807, 2.05) is 0 Å². The van der Waals surface area contributed by atoms with Gasteiger partial charge in [0.25, 0.3) is 0 Å². The summed E-state index contributed by atoms with van der Waals surface area (Å²) in [7, 11) is -2.70. The van der Waals surface area contributed by atoms with Crippen LogP contribution in [0.4, 0.5) is 22.0 Å². The summed E-state index contributed by atoms with van der Waals surface area (Å²) in [5.41, 5.74) is 0.882. The number of ketones is 1. The Morgan fingerprint density at radius 3 is 2.55 bits per heavy atom. The second-order valence-electron chi connectivity index (χ2n) is 10.8. The van der Waals surface area contributed by atoms with E-state index in [1.54, 1.807) is 17.8 Å². The van der Waals surface area contributed by atoms with E-state index in [0.717, 1.165) is 10.5 Å². The van der Waals surface area contributed by atoms with Gasteiger partial charge in [-0.25, -0.2) is 26.9 Å². The molecule has 0 bridgehead atoms. The Labute approximate surface area is 252 Å². The molecule has 3 aromatic heterocycles. The highest BCUT2D eigenvalue weighted by molar-refractivity contribution is 7.89. The largest absolute Gasteiger partial charge is 0.427 e. The van der Waals surface area contributed by atoms with Crippen molar-refractivity contribution in [3.63, 3.8) is 0 Å². The molecule has 0 saturated heterocycles. The quantitative estimate of drug-likeness (QED) is 0.191. The Morgan fingerprint density at radius 1 is 1.16 bits per heavy atom. The maximum atomic E-state index is 14.3. The van der Waals surface area contributed by atoms with Crippen LogP contribution >= 0.6 is 11.3 Å². The van der Waals surface area contributed by atoms with Gasteiger partial charge in [-0.05, 0) is 61.6 Å². The minimum absolute atomic E-state index is 0.00201. The number of aromatic nitrogens is 5. The number of allylic oxidation sites excluding steroid dienone is 1. The van der Waals surface area contributed by atoms with Crippen LogP contribution in [0, 0.1) is 11.2 Å². The molecule has 1 aromatic carbocycles. The third-order valence-corrected chi connectivity index (χ3v) is 11.1. The lowest BCUT2D eigenvalue weighted by Crippen LogP contribution is -2.51. The summed E-state index contributed by atoms with van der Waals surface area (Å²) >= 11 is 0.230. The van der Waals surface area contributed by atoms with E-state index < -0.39 is 57.4 Å². The van der Waals surface area contributed by atoms with Crippen molar-refractivity contribution in [2.24, 2.45) is 12.5 Å². The lowest BCUT2D eigenvalue weighted by atomic mass is 9.61. The second-order valence-corrected chi connectivity index (χ2v) is 13.7. The summed E-state index contributed by atoms with van der Waals surface area (Å²) in [6.07, 6.45) is 1.95. The van der Waals surface area contributed by atoms with Gasteiger partial charge in [-0.15, -0.1) is 11.3 Å². The highest BCUT2D eigenvalue weighted by atomic mass is 32.2. The molecule has 6 rings (SSSR count). The van der Waals surface area contributed by atoms with Crippen LogP contribution in [0.15, 0.2) is 59.5 Å². The number of hydrogen-bond donors (Lipinski definition) is 0. The maximum Gasteiger partial charge on any atom is 0.427 e. The van der Waals surface area contributed by atoms with Crippen molar-refractivity contribution in [2.45, 2.75) is 42.8 Å². The van der Waals surface area contributed by atoms with E-state index in [-0.39, 0.29) is 46.9 Å². The minimum atomic E-state index is -4.70. The van der Waals surface area contributed by atoms with Crippen LogP contribution in [0.5, 0.6) is 0 Å². The lowest BCUT2D eigenvalue weighted by Gasteiger charge is -2.46. The Morgan fingerprint density at radius 2 is 1.91 bits per heavy atom. The topological polar surface area (TPSA) is 103 Å². The van der Waals surface area contributed by atoms with Crippen molar-refractivity contribution in [2.75, 3.05) is 13.2 Å². The number of benzene rings is 1. The fourth-order valence-corrected chi connectivity index (χ4v) is 8.52. The molecular weight excluding hydrogens is 627 g/mol. The van der Waals surface area contributed by atoms with Gasteiger partial charge in [-0.3, -0.25) is 9.48 Å². The second kappa shape index (κ2) is 11.0. The summed E-state index contributed by atoms with van der Waals surface area (Å²) in [4.78, 5) is 16.9. The van der Waals surface area contributed by atoms with Crippen LogP contribution in [0.1, 0.15) is 45.2 Å². The van der Waals surface area contributed by atoms with Crippen molar-refractivity contribution in [3.8, 4) is 5.69 Å². The van der Waals surface area contributed by atoms with Gasteiger partial charge in [0, 0.05) is 25.8 Å². The van der Waals surface area contributed by atoms with Crippen molar-refractivity contribution in [1.82, 2.24) is 28.9 Å². The number of rotatable bonds is 8. The van der Waals surface area contributed by atoms with E-state index in [4.69, 9.17) is 0 Å². The molecule has 1 fully saturated rings. The molecule has 0 N–H and O–H groups in total. The number of alkyl halides is 4. The van der Waals surface area contributed by atoms with Crippen molar-refractivity contribution in [1.29, 1.82) is 0 Å². The van der Waals surface area contributed by atoms with Gasteiger partial charge in [0.05, 0.1) is 35.4 Å². The van der Waals surface area contributed by atoms with Gasteiger partial charge in [0.2, 0.25) is 15.8 Å². The first-order valence-electron chi connectivity index (χ1n) is 13.5. The molecule has 0 spiro atoms. The smallest absolute Gasteiger partial charge is 0.290 e. The van der Waals surface area contributed by atoms with Crippen molar-refractivity contribution >= 4 is 33.2 Å². The number of hydrogen-bond acceptors (Lipinski definition) is 7. The number of carbonyl (C=O) groups excluding carboxylic acids is 1. The number of fused-ring (bicyclic) bond motifs is 2. The molecule has 16 heteroatoms. The Hall–Kier alpha value is -3.76. The molecule has 0 amide bonds. The first kappa shape index (κ1) is 30.3. The van der Waals surface area contributed by atoms with E-state index >= 15 is 0 Å². The molecule has 232 valence electrons. The molecule has 3 heterocycles. The number of Topliss-reactive ketones (excluding diaryl/α,β-unsaturated/α-hetero) is 1. The van der Waals surface area contributed by atoms with Gasteiger partial charge >= 0.3 is 6.18 Å². The Kier molecular flexibility index (Phi) is 7.57. The Bertz CT molecular complexity index is 1860. The minimum Gasteiger partial charge on any atom is -0.290 e. The van der Waals surface area contributed by atoms with Gasteiger partial charge in [0.1, 0.15) is 22.3 Å². The summed E-state index contributed by atoms with van der Waals surface area (Å²) in [6, 6.07) is 4.78. The number of aryl methyl sites for hydroxylation is 1. The third kappa shape index (κ3) is 5.17. The fraction of sp³-hybridized carbons (Fsp3) is 0.357. The average Bonchev–Trinajstić information content (AvgIpc) is 3.74. The molecule has 9 nitrogen and oxygen atoms in total. The Balaban J connectivity index is 1.44. The van der Waals surface area contributed by atoms with Crippen molar-refractivity contribution < 1.29 is 35.2 Å². The first-order valence-corrected chi connectivity index (χ1v) is 15.8. The molecule has 44 heavy (non-hydrogen) atoms. The van der Waals surface area contributed by atoms with E-state index in [9.17, 15) is 35.2 Å². The number of halogens is 5. The molecular formula is C28H25F5N6O3S2. The van der Waals surface area contributed by atoms with Crippen LogP contribution in [0.2, 0.25) is 0 Å². The molecule has 1 saturated carbocycles. The van der Waals surface area contributed by atoms with E-state index in [2.05, 4.69) is 15.2 Å². The lowest BCUT2D eigenvalue weighted by molar-refractivity contribution is -0.134. The summed E-state index contributed by atoms with van der Waals surface area (Å²) < 4.78 is 99.1. The highest BCUT2D eigenvalue weighted by Gasteiger charge is 2.52. The molecule has 0 aliphatic heterocycles. The molecule has 2 atom stereocenters. The van der Waals surface area contributed by atoms with Gasteiger partial charge in [0.15, 0.2) is 5.01 Å². The number of nitrogens with zero attached hydrogens (tertiary/aromatic N) is 6. The predicted octanol–water partition coefficient (Wildman–Crippen LogP) is 5.24. The maximum absolute atomic E-state index is 14.3. The molecule has 2 aliphatic rings. The van der Waals surface area contributed by atoms with E-state index in [0.29, 0.717) is 28.7 Å². The molecule has 4 aromatic rings. The van der Waals surface area contributed by atoms with Crippen LogP contribution in [-0.2, 0) is 29.7 Å². The summed E-state index contributed by atoms with van der Waals surface area (Å²) in [5, 5.41) is 8.00. The van der Waals surface area contributed by atoms with E-state index in [1.165, 1.54) is 41.3 Å². The predicted molar refractivity (Wildman–Crippen MR) is 150 cm³/mol. The SMILES string of the molecule is Cn1cc(S(=O)(=O)N(CCF)[C@H]2CCC3=Cc4c(cnn4-c4ccc(F)cc4)C[C@]3(C(=O)c3ncc(C(F)(F)F)s3)C2)cn1. The van der Waals surface area contributed by atoms with Crippen LogP contribution in [0.3, 0.4) is 0 Å². The monoisotopic (exact) mass is 652 g/mol. The number of thiazole rings is 1. The van der Waals surface area contributed by atoms with Crippen LogP contribution in [-0.4, -0.2) is 62.3 Å². The summed E-state index contributed by atoms with van der Waals surface area (Å²) in [6.45, 7) is -1.47. The zero-order chi connectivity index (χ0) is 31.4.